The summed E-state index contributed by atoms with van der Waals surface area (Å²) in [5.41, 5.74) is 3.30. The van der Waals surface area contributed by atoms with Crippen LogP contribution in [0, 0.1) is 5.82 Å². The van der Waals surface area contributed by atoms with Crippen LogP contribution in [-0.2, 0) is 6.42 Å². The van der Waals surface area contributed by atoms with Crippen LogP contribution in [0.15, 0.2) is 89.5 Å². The van der Waals surface area contributed by atoms with Gasteiger partial charge in [0.15, 0.2) is 0 Å². The summed E-state index contributed by atoms with van der Waals surface area (Å²) in [5, 5.41) is 5.91. The highest BCUT2D eigenvalue weighted by atomic mass is 19.1. The van der Waals surface area contributed by atoms with Crippen molar-refractivity contribution in [2.24, 2.45) is 0 Å². The van der Waals surface area contributed by atoms with Crippen LogP contribution in [0.4, 0.5) is 9.18 Å². The van der Waals surface area contributed by atoms with Gasteiger partial charge in [-0.2, -0.15) is 0 Å². The minimum atomic E-state index is -0.316. The van der Waals surface area contributed by atoms with Crippen LogP contribution < -0.4 is 15.4 Å². The van der Waals surface area contributed by atoms with Crippen molar-refractivity contribution in [3.05, 3.63) is 108 Å². The van der Waals surface area contributed by atoms with E-state index in [0.29, 0.717) is 30.1 Å². The van der Waals surface area contributed by atoms with E-state index in [-0.39, 0.29) is 17.9 Å². The second-order valence-electron chi connectivity index (χ2n) is 7.42. The second kappa shape index (κ2) is 10.5. The molecule has 4 aromatic rings. The normalized spacial score (nSPS) is 11.6. The van der Waals surface area contributed by atoms with Crippen molar-refractivity contribution in [3.63, 3.8) is 0 Å². The van der Waals surface area contributed by atoms with Gasteiger partial charge in [0.2, 0.25) is 5.89 Å². The van der Waals surface area contributed by atoms with Gasteiger partial charge in [-0.15, -0.1) is 0 Å². The number of nitrogens with one attached hydrogen (secondary N) is 2. The van der Waals surface area contributed by atoms with Crippen LogP contribution in [0.5, 0.6) is 5.75 Å². The number of urea groups is 1. The van der Waals surface area contributed by atoms with Gasteiger partial charge in [0.05, 0.1) is 18.8 Å². The Morgan fingerprint density at radius 1 is 1.00 bits per heavy atom. The third kappa shape index (κ3) is 5.77. The molecule has 6 nitrogen and oxygen atoms in total. The molecular formula is C26H24FN3O3. The first-order valence-electron chi connectivity index (χ1n) is 10.6. The van der Waals surface area contributed by atoms with E-state index in [1.807, 2.05) is 54.6 Å². The van der Waals surface area contributed by atoms with Crippen molar-refractivity contribution in [3.8, 4) is 17.2 Å². The number of ether oxygens (including phenoxy) is 1. The molecule has 4 rings (SSSR count). The number of nitrogens with zero attached hydrogens (tertiary/aromatic N) is 1. The summed E-state index contributed by atoms with van der Waals surface area (Å²) in [7, 11) is 1.62. The summed E-state index contributed by atoms with van der Waals surface area (Å²) in [6.07, 6.45) is 2.04. The van der Waals surface area contributed by atoms with Crippen molar-refractivity contribution in [1.82, 2.24) is 15.6 Å². The maximum Gasteiger partial charge on any atom is 0.315 e. The van der Waals surface area contributed by atoms with E-state index < -0.39 is 0 Å². The molecule has 0 saturated carbocycles. The van der Waals surface area contributed by atoms with Gasteiger partial charge in [-0.05, 0) is 47.5 Å². The van der Waals surface area contributed by atoms with Crippen molar-refractivity contribution >= 4 is 6.03 Å². The number of methoxy groups -OCH3 is 1. The highest BCUT2D eigenvalue weighted by Gasteiger charge is 2.17. The first-order chi connectivity index (χ1) is 16.1. The van der Waals surface area contributed by atoms with Gasteiger partial charge in [-0.3, -0.25) is 0 Å². The van der Waals surface area contributed by atoms with Gasteiger partial charge in [0.1, 0.15) is 17.8 Å². The third-order valence-corrected chi connectivity index (χ3v) is 5.17. The summed E-state index contributed by atoms with van der Waals surface area (Å²) in [6.45, 7) is 0.380. The molecule has 0 aliphatic carbocycles. The smallest absolute Gasteiger partial charge is 0.315 e. The van der Waals surface area contributed by atoms with E-state index in [2.05, 4.69) is 15.6 Å². The molecule has 7 heteroatoms. The van der Waals surface area contributed by atoms with Gasteiger partial charge in [-0.1, -0.05) is 42.5 Å². The lowest BCUT2D eigenvalue weighted by atomic mass is 9.99. The van der Waals surface area contributed by atoms with Gasteiger partial charge < -0.3 is 19.8 Å². The van der Waals surface area contributed by atoms with Crippen molar-refractivity contribution < 1.29 is 18.3 Å². The fourth-order valence-electron chi connectivity index (χ4n) is 3.43. The SMILES string of the molecule is COc1ccc(C(NC(=O)NCCc2coc(-c3ccc(F)cc3)n2)c2ccccc2)cc1. The number of hydrogen-bond donors (Lipinski definition) is 2. The number of benzene rings is 3. The van der Waals surface area contributed by atoms with E-state index >= 15 is 0 Å². The highest BCUT2D eigenvalue weighted by Crippen LogP contribution is 2.24. The quantitative estimate of drug-likeness (QED) is 0.395. The molecule has 0 bridgehead atoms. The third-order valence-electron chi connectivity index (χ3n) is 5.17. The van der Waals surface area contributed by atoms with Gasteiger partial charge >= 0.3 is 6.03 Å². The monoisotopic (exact) mass is 445 g/mol. The van der Waals surface area contributed by atoms with E-state index in [1.54, 1.807) is 25.5 Å². The zero-order valence-corrected chi connectivity index (χ0v) is 18.1. The summed E-state index contributed by atoms with van der Waals surface area (Å²) in [4.78, 5) is 17.1. The zero-order chi connectivity index (χ0) is 23.0. The fourth-order valence-corrected chi connectivity index (χ4v) is 3.43. The number of carbonyl (C=O) groups excluding carboxylic acids is 1. The average Bonchev–Trinajstić information content (AvgIpc) is 3.32. The van der Waals surface area contributed by atoms with Crippen LogP contribution in [-0.4, -0.2) is 24.7 Å². The summed E-state index contributed by atoms with van der Waals surface area (Å²) < 4.78 is 23.8. The Balaban J connectivity index is 1.36. The first-order valence-corrected chi connectivity index (χ1v) is 10.6. The minimum Gasteiger partial charge on any atom is -0.497 e. The molecule has 3 aromatic carbocycles. The number of rotatable bonds is 8. The Morgan fingerprint density at radius 2 is 1.70 bits per heavy atom. The van der Waals surface area contributed by atoms with E-state index in [9.17, 15) is 9.18 Å². The highest BCUT2D eigenvalue weighted by molar-refractivity contribution is 5.75. The lowest BCUT2D eigenvalue weighted by Gasteiger charge is -2.20. The Labute approximate surface area is 191 Å². The van der Waals surface area contributed by atoms with E-state index in [1.165, 1.54) is 12.1 Å². The number of amides is 2. The Kier molecular flexibility index (Phi) is 6.99. The molecular weight excluding hydrogens is 421 g/mol. The van der Waals surface area contributed by atoms with Crippen molar-refractivity contribution in [2.45, 2.75) is 12.5 Å². The molecule has 168 valence electrons. The lowest BCUT2D eigenvalue weighted by Crippen LogP contribution is -2.39. The number of hydrogen-bond acceptors (Lipinski definition) is 4. The first kappa shape index (κ1) is 22.1. The second-order valence-corrected chi connectivity index (χ2v) is 7.42. The zero-order valence-electron chi connectivity index (χ0n) is 18.1. The molecule has 0 spiro atoms. The predicted molar refractivity (Wildman–Crippen MR) is 123 cm³/mol. The van der Waals surface area contributed by atoms with Crippen LogP contribution in [0.25, 0.3) is 11.5 Å². The van der Waals surface area contributed by atoms with Crippen LogP contribution in [0.1, 0.15) is 22.9 Å². The number of oxazole rings is 1. The summed E-state index contributed by atoms with van der Waals surface area (Å²) >= 11 is 0. The molecule has 0 fully saturated rings. The van der Waals surface area contributed by atoms with Crippen molar-refractivity contribution in [2.75, 3.05) is 13.7 Å². The van der Waals surface area contributed by atoms with Gasteiger partial charge in [0, 0.05) is 18.5 Å². The van der Waals surface area contributed by atoms with E-state index in [0.717, 1.165) is 16.9 Å². The van der Waals surface area contributed by atoms with E-state index in [4.69, 9.17) is 9.15 Å². The molecule has 33 heavy (non-hydrogen) atoms. The lowest BCUT2D eigenvalue weighted by molar-refractivity contribution is 0.239. The standard InChI is InChI=1S/C26H24FN3O3/c1-32-23-13-9-19(10-14-23)24(18-5-3-2-4-6-18)30-26(31)28-16-15-22-17-33-25(29-22)20-7-11-21(27)12-8-20/h2-14,17,24H,15-16H2,1H3,(H2,28,30,31). The molecule has 2 amide bonds. The Bertz CT molecular complexity index is 1180. The van der Waals surface area contributed by atoms with Gasteiger partial charge in [0.25, 0.3) is 0 Å². The number of carbonyl (C=O) groups is 1. The molecule has 0 saturated heterocycles. The largest absolute Gasteiger partial charge is 0.497 e. The molecule has 1 atom stereocenters. The Morgan fingerprint density at radius 3 is 2.39 bits per heavy atom. The summed E-state index contributed by atoms with van der Waals surface area (Å²) in [6, 6.07) is 22.7. The van der Waals surface area contributed by atoms with Crippen LogP contribution in [0.2, 0.25) is 0 Å². The molecule has 1 heterocycles. The fraction of sp³-hybridized carbons (Fsp3) is 0.154. The summed E-state index contributed by atoms with van der Waals surface area (Å²) in [5.74, 6) is 0.852. The maximum atomic E-state index is 13.1. The Hall–Kier alpha value is -4.13. The van der Waals surface area contributed by atoms with Crippen LogP contribution in [0.3, 0.4) is 0 Å². The molecule has 0 aliphatic rings. The average molecular weight is 445 g/mol. The van der Waals surface area contributed by atoms with Gasteiger partial charge in [-0.25, -0.2) is 14.2 Å². The minimum absolute atomic E-state index is 0.290. The van der Waals surface area contributed by atoms with Crippen molar-refractivity contribution in [1.29, 1.82) is 0 Å². The number of halogens is 1. The molecule has 0 aliphatic heterocycles. The molecule has 1 aromatic heterocycles. The molecule has 2 N–H and O–H groups in total. The predicted octanol–water partition coefficient (Wildman–Crippen LogP) is 5.12. The molecule has 0 radical (unpaired) electrons. The molecule has 1 unspecified atom stereocenters. The number of aromatic nitrogens is 1. The maximum absolute atomic E-state index is 13.1. The topological polar surface area (TPSA) is 76.4 Å². The van der Waals surface area contributed by atoms with Crippen LogP contribution >= 0.6 is 0 Å².